The second-order valence-corrected chi connectivity index (χ2v) is 18.8. The molecule has 1 aliphatic heterocycles. The highest BCUT2D eigenvalue weighted by Gasteiger charge is 2.65. The van der Waals surface area contributed by atoms with Gasteiger partial charge in [0.2, 0.25) is 0 Å². The van der Waals surface area contributed by atoms with Crippen LogP contribution in [0.1, 0.15) is 126 Å². The summed E-state index contributed by atoms with van der Waals surface area (Å²) >= 11 is 0. The van der Waals surface area contributed by atoms with Gasteiger partial charge >= 0.3 is 0 Å². The summed E-state index contributed by atoms with van der Waals surface area (Å²) in [6, 6.07) is 12.0. The molecule has 5 aliphatic rings. The van der Waals surface area contributed by atoms with E-state index in [1.165, 1.54) is 63.9 Å². The Morgan fingerprint density at radius 1 is 0.891 bits per heavy atom. The maximum Gasteiger partial charge on any atom is 0.272 e. The molecule has 3 aromatic rings. The van der Waals surface area contributed by atoms with Crippen LogP contribution in [0.15, 0.2) is 47.3 Å². The number of H-pyrrole nitrogens is 1. The number of piperazine rings is 1. The van der Waals surface area contributed by atoms with Crippen molar-refractivity contribution in [1.29, 1.82) is 0 Å². The molecule has 1 aromatic heterocycles. The minimum Gasteiger partial charge on any atom is -0.393 e. The molecule has 8 atom stereocenters. The van der Waals surface area contributed by atoms with Gasteiger partial charge in [0.15, 0.2) is 0 Å². The molecule has 1 unspecified atom stereocenters. The SMILES string of the molecule is C[C@]12CCC(O)C[C@@H]1CC[C@@H]1[C@@H]2CC[C@]2(C)[C@@H](OCCCCCCN3CCN(C(=O)c4cc(Cc5n[nH]c(=O)c6ccccc56)ccc4F)CC3)CC[C@@]12C. The van der Waals surface area contributed by atoms with Crippen LogP contribution >= 0.6 is 0 Å². The summed E-state index contributed by atoms with van der Waals surface area (Å²) in [5, 5.41) is 18.6. The van der Waals surface area contributed by atoms with Crippen molar-refractivity contribution in [2.45, 2.75) is 123 Å². The smallest absolute Gasteiger partial charge is 0.272 e. The lowest BCUT2D eigenvalue weighted by Crippen LogP contribution is -2.58. The topological polar surface area (TPSA) is 98.8 Å². The van der Waals surface area contributed by atoms with E-state index in [9.17, 15) is 19.1 Å². The quantitative estimate of drug-likeness (QED) is 0.192. The van der Waals surface area contributed by atoms with Crippen LogP contribution in [-0.4, -0.2) is 82.5 Å². The molecular formula is C46H63FN4O4. The van der Waals surface area contributed by atoms with Gasteiger partial charge in [0.25, 0.3) is 11.5 Å². The van der Waals surface area contributed by atoms with Gasteiger partial charge in [0.1, 0.15) is 5.82 Å². The number of ether oxygens (including phenoxy) is 1. The minimum atomic E-state index is -0.513. The number of halogens is 1. The number of carbonyl (C=O) groups excluding carboxylic acids is 1. The average molecular weight is 755 g/mol. The number of rotatable bonds is 11. The van der Waals surface area contributed by atoms with Crippen molar-refractivity contribution in [3.8, 4) is 0 Å². The van der Waals surface area contributed by atoms with Crippen LogP contribution in [0.3, 0.4) is 0 Å². The Labute approximate surface area is 326 Å². The number of aromatic nitrogens is 2. The molecule has 298 valence electrons. The standard InChI is InChI=1S/C46H63FN4O4/c1-44-19-16-33(52)30-32(44)13-14-38-37(44)17-20-46(3)41(18-21-45(38,46)2)55-27-9-5-4-8-22-50-23-25-51(26-24-50)43(54)36-28-31(12-15-39(36)47)29-40-34-10-6-7-11-35(34)42(53)49-48-40/h6-7,10-12,15,28,32-33,37-38,41,52H,4-5,8-9,13-14,16-27,29-30H2,1-3H3,(H,49,53)/t32-,33?,37-,38+,41-,44-,45-,46+/m0/s1. The molecule has 9 heteroatoms. The number of benzene rings is 2. The second-order valence-electron chi connectivity index (χ2n) is 18.8. The van der Waals surface area contributed by atoms with E-state index in [0.29, 0.717) is 53.4 Å². The molecule has 8 nitrogen and oxygen atoms in total. The third kappa shape index (κ3) is 7.20. The van der Waals surface area contributed by atoms with Crippen LogP contribution in [0.4, 0.5) is 4.39 Å². The predicted molar refractivity (Wildman–Crippen MR) is 214 cm³/mol. The molecule has 55 heavy (non-hydrogen) atoms. The Hall–Kier alpha value is -3.14. The number of aliphatic hydroxyl groups excluding tert-OH is 1. The molecule has 0 bridgehead atoms. The molecule has 2 heterocycles. The second kappa shape index (κ2) is 15.7. The first kappa shape index (κ1) is 38.7. The number of carbonyl (C=O) groups is 1. The molecule has 2 N–H and O–H groups in total. The van der Waals surface area contributed by atoms with E-state index in [4.69, 9.17) is 4.74 Å². The molecule has 4 saturated carbocycles. The lowest BCUT2D eigenvalue weighted by atomic mass is 9.41. The van der Waals surface area contributed by atoms with E-state index in [-0.39, 0.29) is 28.5 Å². The summed E-state index contributed by atoms with van der Waals surface area (Å²) in [5.41, 5.74) is 2.34. The van der Waals surface area contributed by atoms with E-state index in [2.05, 4.69) is 35.9 Å². The largest absolute Gasteiger partial charge is 0.393 e. The maximum absolute atomic E-state index is 15.0. The number of aliphatic hydroxyl groups is 1. The van der Waals surface area contributed by atoms with Crippen molar-refractivity contribution < 1.29 is 19.0 Å². The molecule has 0 radical (unpaired) electrons. The number of hydrogen-bond donors (Lipinski definition) is 2. The fourth-order valence-corrected chi connectivity index (χ4v) is 12.6. The van der Waals surface area contributed by atoms with E-state index in [1.54, 1.807) is 23.1 Å². The highest BCUT2D eigenvalue weighted by molar-refractivity contribution is 5.95. The van der Waals surface area contributed by atoms with Crippen molar-refractivity contribution >= 4 is 16.7 Å². The van der Waals surface area contributed by atoms with Crippen LogP contribution in [-0.2, 0) is 11.2 Å². The normalized spacial score (nSPS) is 33.6. The van der Waals surface area contributed by atoms with Gasteiger partial charge in [-0.3, -0.25) is 14.5 Å². The monoisotopic (exact) mass is 754 g/mol. The van der Waals surface area contributed by atoms with Gasteiger partial charge in [-0.1, -0.05) is 57.9 Å². The molecular weight excluding hydrogens is 692 g/mol. The Morgan fingerprint density at radius 3 is 2.47 bits per heavy atom. The van der Waals surface area contributed by atoms with Crippen LogP contribution in [0.25, 0.3) is 10.8 Å². The summed E-state index contributed by atoms with van der Waals surface area (Å²) in [7, 11) is 0. The van der Waals surface area contributed by atoms with Crippen molar-refractivity contribution in [1.82, 2.24) is 20.0 Å². The van der Waals surface area contributed by atoms with E-state index >= 15 is 0 Å². The van der Waals surface area contributed by atoms with E-state index in [0.717, 1.165) is 74.7 Å². The molecule has 4 aliphatic carbocycles. The Kier molecular flexibility index (Phi) is 11.0. The van der Waals surface area contributed by atoms with Gasteiger partial charge in [0, 0.05) is 44.6 Å². The number of hydrogen-bond acceptors (Lipinski definition) is 6. The van der Waals surface area contributed by atoms with Crippen molar-refractivity contribution in [3.63, 3.8) is 0 Å². The van der Waals surface area contributed by atoms with Crippen molar-refractivity contribution in [2.24, 2.45) is 34.0 Å². The third-order valence-corrected chi connectivity index (χ3v) is 16.2. The molecule has 5 fully saturated rings. The summed E-state index contributed by atoms with van der Waals surface area (Å²) in [6.45, 7) is 12.4. The average Bonchev–Trinajstić information content (AvgIpc) is 3.46. The highest BCUT2D eigenvalue weighted by Crippen LogP contribution is 2.71. The number of aromatic amines is 1. The zero-order valence-corrected chi connectivity index (χ0v) is 33.5. The van der Waals surface area contributed by atoms with Crippen LogP contribution < -0.4 is 5.56 Å². The Bertz CT molecular complexity index is 1910. The number of nitrogens with one attached hydrogen (secondary N) is 1. The summed E-state index contributed by atoms with van der Waals surface area (Å²) < 4.78 is 21.8. The Morgan fingerprint density at radius 2 is 1.65 bits per heavy atom. The number of amides is 1. The minimum absolute atomic E-state index is 0.0801. The molecule has 1 amide bonds. The summed E-state index contributed by atoms with van der Waals surface area (Å²) in [6.07, 6.45) is 16.3. The van der Waals surface area contributed by atoms with Crippen LogP contribution in [0.5, 0.6) is 0 Å². The van der Waals surface area contributed by atoms with Crippen molar-refractivity contribution in [2.75, 3.05) is 39.3 Å². The van der Waals surface area contributed by atoms with Crippen LogP contribution in [0.2, 0.25) is 0 Å². The first-order chi connectivity index (χ1) is 26.5. The number of unbranched alkanes of at least 4 members (excludes halogenated alkanes) is 3. The molecule has 8 rings (SSSR count). The predicted octanol–water partition coefficient (Wildman–Crippen LogP) is 8.15. The zero-order valence-electron chi connectivity index (χ0n) is 33.5. The van der Waals surface area contributed by atoms with Gasteiger partial charge in [-0.15, -0.1) is 0 Å². The van der Waals surface area contributed by atoms with Gasteiger partial charge in [-0.25, -0.2) is 9.49 Å². The lowest BCUT2D eigenvalue weighted by molar-refractivity contribution is -0.177. The van der Waals surface area contributed by atoms with Crippen molar-refractivity contribution in [3.05, 3.63) is 75.5 Å². The first-order valence-electron chi connectivity index (χ1n) is 21.6. The van der Waals surface area contributed by atoms with Gasteiger partial charge in [-0.05, 0) is 135 Å². The summed E-state index contributed by atoms with van der Waals surface area (Å²) in [5.74, 6) is 1.52. The lowest BCUT2D eigenvalue weighted by Gasteiger charge is -2.64. The fourth-order valence-electron chi connectivity index (χ4n) is 12.6. The molecule has 2 aromatic carbocycles. The zero-order chi connectivity index (χ0) is 38.4. The number of nitrogens with zero attached hydrogens (tertiary/aromatic N) is 3. The highest BCUT2D eigenvalue weighted by atomic mass is 19.1. The van der Waals surface area contributed by atoms with Gasteiger partial charge in [0.05, 0.1) is 28.9 Å². The van der Waals surface area contributed by atoms with E-state index in [1.807, 2.05) is 18.2 Å². The first-order valence-corrected chi connectivity index (χ1v) is 21.6. The fraction of sp³-hybridized carbons (Fsp3) is 0.674. The van der Waals surface area contributed by atoms with E-state index < -0.39 is 5.82 Å². The molecule has 1 saturated heterocycles. The summed E-state index contributed by atoms with van der Waals surface area (Å²) in [4.78, 5) is 29.9. The van der Waals surface area contributed by atoms with Crippen LogP contribution in [0, 0.1) is 39.8 Å². The Balaban J connectivity index is 0.753. The number of fused-ring (bicyclic) bond motifs is 6. The van der Waals surface area contributed by atoms with Gasteiger partial charge < -0.3 is 14.7 Å². The maximum atomic E-state index is 15.0. The molecule has 0 spiro atoms. The third-order valence-electron chi connectivity index (χ3n) is 16.2. The van der Waals surface area contributed by atoms with Gasteiger partial charge in [-0.2, -0.15) is 5.10 Å².